The van der Waals surface area contributed by atoms with Gasteiger partial charge in [0.2, 0.25) is 0 Å². The summed E-state index contributed by atoms with van der Waals surface area (Å²) in [5.41, 5.74) is 0.516. The lowest BCUT2D eigenvalue weighted by molar-refractivity contribution is -0.00153. The van der Waals surface area contributed by atoms with Crippen molar-refractivity contribution < 1.29 is 19.4 Å². The number of nitrogens with zero attached hydrogens (tertiary/aromatic N) is 1. The van der Waals surface area contributed by atoms with Crippen LogP contribution in [0, 0.1) is 0 Å². The van der Waals surface area contributed by atoms with Gasteiger partial charge in [0, 0.05) is 12.5 Å². The molecule has 0 aromatic heterocycles. The molecule has 1 amide bonds. The molecule has 2 atom stereocenters. The largest absolute Gasteiger partial charge is 0.497 e. The molecule has 0 spiro atoms. The van der Waals surface area contributed by atoms with Crippen LogP contribution >= 0.6 is 0 Å². The fourth-order valence-corrected chi connectivity index (χ4v) is 2.68. The molecule has 122 valence electrons. The summed E-state index contributed by atoms with van der Waals surface area (Å²) in [7, 11) is 1.63. The van der Waals surface area contributed by atoms with Crippen LogP contribution in [0.4, 0.5) is 4.79 Å². The molecule has 1 saturated heterocycles. The third-order valence-corrected chi connectivity index (χ3v) is 3.76. The zero-order valence-electron chi connectivity index (χ0n) is 13.7. The SMILES string of the molecule is COc1cccc(C2CCN(C(=O)OC(C)(C)C)CC2O)c1. The Morgan fingerprint density at radius 1 is 1.36 bits per heavy atom. The molecule has 1 heterocycles. The van der Waals surface area contributed by atoms with Gasteiger partial charge in [-0.2, -0.15) is 0 Å². The van der Waals surface area contributed by atoms with Crippen LogP contribution in [0.1, 0.15) is 38.7 Å². The summed E-state index contributed by atoms with van der Waals surface area (Å²) < 4.78 is 10.6. The molecule has 2 rings (SSSR count). The van der Waals surface area contributed by atoms with Crippen LogP contribution in [0.5, 0.6) is 5.75 Å². The summed E-state index contributed by atoms with van der Waals surface area (Å²) in [6.07, 6.45) is -0.267. The summed E-state index contributed by atoms with van der Waals surface area (Å²) in [4.78, 5) is 13.7. The van der Waals surface area contributed by atoms with Crippen molar-refractivity contribution in [3.05, 3.63) is 29.8 Å². The number of β-amino-alcohol motifs (C(OH)–C–C–N with tert-alkyl or cyclic N) is 1. The lowest BCUT2D eigenvalue weighted by Gasteiger charge is -2.37. The number of methoxy groups -OCH3 is 1. The molecule has 1 aliphatic rings. The summed E-state index contributed by atoms with van der Waals surface area (Å²) in [6, 6.07) is 7.73. The Kier molecular flexibility index (Phi) is 4.96. The molecule has 1 aromatic rings. The van der Waals surface area contributed by atoms with E-state index in [0.29, 0.717) is 13.0 Å². The minimum atomic E-state index is -0.603. The van der Waals surface area contributed by atoms with Crippen LogP contribution in [-0.4, -0.2) is 48.0 Å². The van der Waals surface area contributed by atoms with Crippen LogP contribution < -0.4 is 4.74 Å². The van der Waals surface area contributed by atoms with Crippen molar-refractivity contribution in [2.24, 2.45) is 0 Å². The quantitative estimate of drug-likeness (QED) is 0.913. The molecule has 0 bridgehead atoms. The van der Waals surface area contributed by atoms with Crippen LogP contribution in [0.3, 0.4) is 0 Å². The van der Waals surface area contributed by atoms with Gasteiger partial charge in [-0.05, 0) is 44.9 Å². The second-order valence-corrected chi connectivity index (χ2v) is 6.67. The summed E-state index contributed by atoms with van der Waals surface area (Å²) >= 11 is 0. The molecule has 0 radical (unpaired) electrons. The van der Waals surface area contributed by atoms with Crippen LogP contribution in [-0.2, 0) is 4.74 Å². The minimum Gasteiger partial charge on any atom is -0.497 e. The number of likely N-dealkylation sites (tertiary alicyclic amines) is 1. The maximum absolute atomic E-state index is 12.1. The van der Waals surface area contributed by atoms with Crippen molar-refractivity contribution in [1.29, 1.82) is 0 Å². The Morgan fingerprint density at radius 3 is 2.68 bits per heavy atom. The van der Waals surface area contributed by atoms with Gasteiger partial charge in [-0.1, -0.05) is 12.1 Å². The number of hydrogen-bond donors (Lipinski definition) is 1. The van der Waals surface area contributed by atoms with E-state index in [0.717, 1.165) is 11.3 Å². The zero-order valence-corrected chi connectivity index (χ0v) is 13.7. The fourth-order valence-electron chi connectivity index (χ4n) is 2.68. The van der Waals surface area contributed by atoms with Crippen molar-refractivity contribution >= 4 is 6.09 Å². The smallest absolute Gasteiger partial charge is 0.410 e. The van der Waals surface area contributed by atoms with E-state index in [9.17, 15) is 9.90 Å². The number of piperidine rings is 1. The predicted octanol–water partition coefficient (Wildman–Crippen LogP) is 2.78. The maximum Gasteiger partial charge on any atom is 0.410 e. The van der Waals surface area contributed by atoms with Crippen LogP contribution in [0.2, 0.25) is 0 Å². The molecule has 1 fully saturated rings. The second kappa shape index (κ2) is 6.57. The Hall–Kier alpha value is -1.75. The highest BCUT2D eigenvalue weighted by atomic mass is 16.6. The van der Waals surface area contributed by atoms with Crippen molar-refractivity contribution in [2.45, 2.75) is 44.8 Å². The Balaban J connectivity index is 2.02. The molecule has 1 aliphatic heterocycles. The predicted molar refractivity (Wildman–Crippen MR) is 84.2 cm³/mol. The van der Waals surface area contributed by atoms with Gasteiger partial charge in [0.1, 0.15) is 11.4 Å². The standard InChI is InChI=1S/C17H25NO4/c1-17(2,3)22-16(20)18-9-8-14(15(19)11-18)12-6-5-7-13(10-12)21-4/h5-7,10,14-15,19H,8-9,11H2,1-4H3. The molecule has 2 unspecified atom stereocenters. The number of carbonyl (C=O) groups excluding carboxylic acids is 1. The number of rotatable bonds is 2. The van der Waals surface area contributed by atoms with Crippen LogP contribution in [0.25, 0.3) is 0 Å². The molecule has 22 heavy (non-hydrogen) atoms. The van der Waals surface area contributed by atoms with Gasteiger partial charge < -0.3 is 19.5 Å². The Labute approximate surface area is 131 Å². The second-order valence-electron chi connectivity index (χ2n) is 6.67. The third kappa shape index (κ3) is 4.13. The number of benzene rings is 1. The number of carbonyl (C=O) groups is 1. The van der Waals surface area contributed by atoms with Gasteiger partial charge in [0.15, 0.2) is 0 Å². The van der Waals surface area contributed by atoms with Crippen molar-refractivity contribution in [2.75, 3.05) is 20.2 Å². The number of aliphatic hydroxyl groups excluding tert-OH is 1. The van der Waals surface area contributed by atoms with E-state index in [-0.39, 0.29) is 18.6 Å². The van der Waals surface area contributed by atoms with Gasteiger partial charge in [0.05, 0.1) is 19.8 Å². The van der Waals surface area contributed by atoms with Crippen molar-refractivity contribution in [1.82, 2.24) is 4.90 Å². The number of aliphatic hydroxyl groups is 1. The first-order chi connectivity index (χ1) is 10.3. The third-order valence-electron chi connectivity index (χ3n) is 3.76. The van der Waals surface area contributed by atoms with Crippen LogP contribution in [0.15, 0.2) is 24.3 Å². The number of hydrogen-bond acceptors (Lipinski definition) is 4. The summed E-state index contributed by atoms with van der Waals surface area (Å²) in [5.74, 6) is 0.785. The van der Waals surface area contributed by atoms with E-state index < -0.39 is 11.7 Å². The number of ether oxygens (including phenoxy) is 2. The normalized spacial score (nSPS) is 22.3. The van der Waals surface area contributed by atoms with E-state index in [1.807, 2.05) is 45.0 Å². The van der Waals surface area contributed by atoms with Gasteiger partial charge >= 0.3 is 6.09 Å². The highest BCUT2D eigenvalue weighted by Crippen LogP contribution is 2.31. The molecule has 1 aromatic carbocycles. The van der Waals surface area contributed by atoms with E-state index in [1.165, 1.54) is 0 Å². The average molecular weight is 307 g/mol. The maximum atomic E-state index is 12.1. The lowest BCUT2D eigenvalue weighted by atomic mass is 9.87. The Bertz CT molecular complexity index is 524. The van der Waals surface area contributed by atoms with Gasteiger partial charge in [0.25, 0.3) is 0 Å². The topological polar surface area (TPSA) is 59.0 Å². The van der Waals surface area contributed by atoms with E-state index >= 15 is 0 Å². The van der Waals surface area contributed by atoms with Crippen molar-refractivity contribution in [3.8, 4) is 5.75 Å². The summed E-state index contributed by atoms with van der Waals surface area (Å²) in [5, 5.41) is 10.4. The molecule has 5 heteroatoms. The van der Waals surface area contributed by atoms with E-state index in [2.05, 4.69) is 0 Å². The number of amides is 1. The molecular formula is C17H25NO4. The highest BCUT2D eigenvalue weighted by Gasteiger charge is 2.33. The Morgan fingerprint density at radius 2 is 2.09 bits per heavy atom. The molecule has 0 aliphatic carbocycles. The highest BCUT2D eigenvalue weighted by molar-refractivity contribution is 5.68. The summed E-state index contributed by atoms with van der Waals surface area (Å²) in [6.45, 7) is 6.38. The van der Waals surface area contributed by atoms with Gasteiger partial charge in [-0.15, -0.1) is 0 Å². The first-order valence-electron chi connectivity index (χ1n) is 7.60. The fraction of sp³-hybridized carbons (Fsp3) is 0.588. The van der Waals surface area contributed by atoms with E-state index in [4.69, 9.17) is 9.47 Å². The van der Waals surface area contributed by atoms with E-state index in [1.54, 1.807) is 12.0 Å². The minimum absolute atomic E-state index is 0.00814. The van der Waals surface area contributed by atoms with Gasteiger partial charge in [-0.3, -0.25) is 0 Å². The first-order valence-corrected chi connectivity index (χ1v) is 7.60. The first kappa shape index (κ1) is 16.6. The zero-order chi connectivity index (χ0) is 16.3. The molecular weight excluding hydrogens is 282 g/mol. The lowest BCUT2D eigenvalue weighted by Crippen LogP contribution is -2.47. The monoisotopic (exact) mass is 307 g/mol. The molecule has 5 nitrogen and oxygen atoms in total. The molecule has 1 N–H and O–H groups in total. The molecule has 0 saturated carbocycles. The van der Waals surface area contributed by atoms with Crippen molar-refractivity contribution in [3.63, 3.8) is 0 Å². The van der Waals surface area contributed by atoms with Gasteiger partial charge in [-0.25, -0.2) is 4.79 Å². The average Bonchev–Trinajstić information content (AvgIpc) is 2.45.